The zero-order chi connectivity index (χ0) is 23.5. The van der Waals surface area contributed by atoms with Crippen LogP contribution in [0.5, 0.6) is 5.88 Å². The second-order valence-corrected chi connectivity index (χ2v) is 7.62. The minimum atomic E-state index is -0.156. The molecule has 0 unspecified atom stereocenters. The number of methoxy groups -OCH3 is 1. The van der Waals surface area contributed by atoms with Crippen molar-refractivity contribution in [2.75, 3.05) is 17.7 Å². The van der Waals surface area contributed by atoms with Crippen molar-refractivity contribution in [3.8, 4) is 5.88 Å². The number of ether oxygens (including phenoxy) is 1. The maximum atomic E-state index is 13.4. The number of rotatable bonds is 9. The Labute approximate surface area is 191 Å². The average molecular weight is 446 g/mol. The van der Waals surface area contributed by atoms with Crippen LogP contribution in [0.3, 0.4) is 0 Å². The third-order valence-corrected chi connectivity index (χ3v) is 5.25. The van der Waals surface area contributed by atoms with E-state index in [-0.39, 0.29) is 5.69 Å². The summed E-state index contributed by atoms with van der Waals surface area (Å²) in [7, 11) is 3.38. The van der Waals surface area contributed by atoms with Crippen LogP contribution >= 0.6 is 0 Å². The van der Waals surface area contributed by atoms with E-state index in [1.165, 1.54) is 0 Å². The predicted molar refractivity (Wildman–Crippen MR) is 130 cm³/mol. The first kappa shape index (κ1) is 21.9. The average Bonchev–Trinajstić information content (AvgIpc) is 3.40. The van der Waals surface area contributed by atoms with Crippen molar-refractivity contribution in [2.45, 2.75) is 19.9 Å². The quantitative estimate of drug-likeness (QED) is 0.382. The van der Waals surface area contributed by atoms with Crippen molar-refractivity contribution >= 4 is 22.7 Å². The third kappa shape index (κ3) is 4.38. The monoisotopic (exact) mass is 445 g/mol. The Morgan fingerprint density at radius 2 is 2.09 bits per heavy atom. The number of anilines is 3. The molecule has 0 bridgehead atoms. The van der Waals surface area contributed by atoms with E-state index in [4.69, 9.17) is 4.74 Å². The lowest BCUT2D eigenvalue weighted by molar-refractivity contribution is 0.393. The summed E-state index contributed by atoms with van der Waals surface area (Å²) in [6, 6.07) is 7.84. The number of allylic oxidation sites excluding steroid dienone is 1. The second kappa shape index (κ2) is 9.07. The molecule has 0 aliphatic rings. The number of aryl methyl sites for hydroxylation is 2. The van der Waals surface area contributed by atoms with E-state index in [9.17, 15) is 4.79 Å². The molecule has 0 aliphatic carbocycles. The summed E-state index contributed by atoms with van der Waals surface area (Å²) in [5, 5.41) is 10.8. The zero-order valence-electron chi connectivity index (χ0n) is 19.0. The van der Waals surface area contributed by atoms with Gasteiger partial charge in [-0.1, -0.05) is 32.2 Å². The normalized spacial score (nSPS) is 10.9. The Hall–Kier alpha value is -4.27. The topological polar surface area (TPSA) is 90.4 Å². The Kier molecular flexibility index (Phi) is 6.03. The van der Waals surface area contributed by atoms with Crippen molar-refractivity contribution in [1.29, 1.82) is 0 Å². The van der Waals surface area contributed by atoms with Crippen molar-refractivity contribution in [3.05, 3.63) is 89.5 Å². The zero-order valence-corrected chi connectivity index (χ0v) is 19.0. The summed E-state index contributed by atoms with van der Waals surface area (Å²) >= 11 is 0. The van der Waals surface area contributed by atoms with E-state index in [1.807, 2.05) is 44.4 Å². The van der Waals surface area contributed by atoms with Gasteiger partial charge in [0.15, 0.2) is 5.65 Å². The van der Waals surface area contributed by atoms with Gasteiger partial charge in [0.2, 0.25) is 0 Å². The molecule has 4 aromatic rings. The van der Waals surface area contributed by atoms with Crippen LogP contribution in [-0.4, -0.2) is 30.8 Å². The highest BCUT2D eigenvalue weighted by molar-refractivity contribution is 5.75. The number of hydrogen-bond donors (Lipinski definition) is 2. The molecule has 0 spiro atoms. The Bertz CT molecular complexity index is 1390. The largest absolute Gasteiger partial charge is 0.478 e. The molecule has 0 aliphatic heterocycles. The number of fused-ring (bicyclic) bond motifs is 1. The van der Waals surface area contributed by atoms with Gasteiger partial charge in [-0.25, -0.2) is 14.2 Å². The van der Waals surface area contributed by atoms with Gasteiger partial charge in [-0.05, 0) is 30.2 Å². The molecule has 0 amide bonds. The van der Waals surface area contributed by atoms with Crippen molar-refractivity contribution in [3.63, 3.8) is 0 Å². The van der Waals surface area contributed by atoms with Crippen molar-refractivity contribution in [1.82, 2.24) is 23.7 Å². The molecule has 33 heavy (non-hydrogen) atoms. The molecule has 0 saturated heterocycles. The number of hydrogen-bond acceptors (Lipinski definition) is 6. The Balaban J connectivity index is 1.78. The van der Waals surface area contributed by atoms with Crippen LogP contribution in [0.4, 0.5) is 17.1 Å². The highest BCUT2D eigenvalue weighted by atomic mass is 16.5. The summed E-state index contributed by atoms with van der Waals surface area (Å²) in [4.78, 5) is 17.9. The number of aromatic nitrogens is 5. The minimum Gasteiger partial charge on any atom is -0.478 e. The molecular formula is C24H27N7O2. The Morgan fingerprint density at radius 3 is 2.82 bits per heavy atom. The van der Waals surface area contributed by atoms with Gasteiger partial charge >= 0.3 is 5.69 Å². The maximum absolute atomic E-state index is 13.4. The lowest BCUT2D eigenvalue weighted by Gasteiger charge is -2.14. The first-order valence-electron chi connectivity index (χ1n) is 10.5. The number of nitrogens with one attached hydrogen (secondary N) is 2. The molecule has 3 aromatic heterocycles. The van der Waals surface area contributed by atoms with Crippen molar-refractivity contribution < 1.29 is 4.74 Å². The Morgan fingerprint density at radius 1 is 1.27 bits per heavy atom. The van der Waals surface area contributed by atoms with E-state index >= 15 is 0 Å². The molecule has 170 valence electrons. The molecule has 0 radical (unpaired) electrons. The maximum Gasteiger partial charge on any atom is 0.334 e. The van der Waals surface area contributed by atoms with Crippen LogP contribution in [0.25, 0.3) is 5.65 Å². The van der Waals surface area contributed by atoms with Gasteiger partial charge in [0, 0.05) is 36.5 Å². The van der Waals surface area contributed by atoms with E-state index in [1.54, 1.807) is 39.2 Å². The molecule has 3 heterocycles. The van der Waals surface area contributed by atoms with Gasteiger partial charge in [0.25, 0.3) is 5.88 Å². The molecule has 4 rings (SSSR count). The fourth-order valence-corrected chi connectivity index (χ4v) is 3.67. The van der Waals surface area contributed by atoms with Crippen LogP contribution in [-0.2, 0) is 20.0 Å². The van der Waals surface area contributed by atoms with E-state index in [0.29, 0.717) is 41.6 Å². The van der Waals surface area contributed by atoms with Crippen LogP contribution in [0.1, 0.15) is 18.2 Å². The summed E-state index contributed by atoms with van der Waals surface area (Å²) in [5.41, 5.74) is 5.13. The van der Waals surface area contributed by atoms with E-state index in [0.717, 1.165) is 16.9 Å². The van der Waals surface area contributed by atoms with Gasteiger partial charge < -0.3 is 15.4 Å². The molecule has 1 aromatic carbocycles. The number of benzene rings is 1. The third-order valence-electron chi connectivity index (χ3n) is 5.25. The fourth-order valence-electron chi connectivity index (χ4n) is 3.67. The standard InChI is InChI=1S/C24H27N7O2/c1-6-16(3)26-18-10-8-9-17(11-18)13-30-15-20(27-21-14-29(4)28-23(21)33-5)22-25-12-19(7-2)31(22)24(30)32/h6,8-12,14-15,26-27H,1,3,7,13H2,2,4-5H3. The summed E-state index contributed by atoms with van der Waals surface area (Å²) in [6.45, 7) is 9.99. The second-order valence-electron chi connectivity index (χ2n) is 7.62. The molecule has 0 saturated carbocycles. The van der Waals surface area contributed by atoms with Gasteiger partial charge in [0.1, 0.15) is 5.69 Å². The highest BCUT2D eigenvalue weighted by Gasteiger charge is 2.16. The fraction of sp³-hybridized carbons (Fsp3) is 0.208. The van der Waals surface area contributed by atoms with E-state index < -0.39 is 0 Å². The smallest absolute Gasteiger partial charge is 0.334 e. The van der Waals surface area contributed by atoms with Crippen molar-refractivity contribution in [2.24, 2.45) is 7.05 Å². The highest BCUT2D eigenvalue weighted by Crippen LogP contribution is 2.27. The summed E-state index contributed by atoms with van der Waals surface area (Å²) in [5.74, 6) is 0.455. The number of imidazole rings is 1. The number of nitrogens with zero attached hydrogens (tertiary/aromatic N) is 5. The SMILES string of the molecule is C=CC(=C)Nc1cccc(Cn2cc(Nc3cn(C)nc3OC)c3ncc(CC)n3c2=O)c1. The van der Waals surface area contributed by atoms with E-state index in [2.05, 4.69) is 33.9 Å². The molecule has 9 nitrogen and oxygen atoms in total. The summed E-state index contributed by atoms with van der Waals surface area (Å²) in [6.07, 6.45) is 7.66. The molecule has 0 atom stereocenters. The van der Waals surface area contributed by atoms with Gasteiger partial charge in [-0.15, -0.1) is 5.10 Å². The lowest BCUT2D eigenvalue weighted by atomic mass is 10.2. The van der Waals surface area contributed by atoms with Crippen LogP contribution in [0.2, 0.25) is 0 Å². The van der Waals surface area contributed by atoms with Crippen LogP contribution in [0.15, 0.2) is 72.6 Å². The molecule has 2 N–H and O–H groups in total. The first-order valence-corrected chi connectivity index (χ1v) is 10.5. The predicted octanol–water partition coefficient (Wildman–Crippen LogP) is 3.70. The first-order chi connectivity index (χ1) is 15.9. The molecule has 0 fully saturated rings. The van der Waals surface area contributed by atoms with Crippen LogP contribution < -0.4 is 21.1 Å². The minimum absolute atomic E-state index is 0.156. The summed E-state index contributed by atoms with van der Waals surface area (Å²) < 4.78 is 10.3. The van der Waals surface area contributed by atoms with Gasteiger partial charge in [-0.3, -0.25) is 9.25 Å². The molecule has 9 heteroatoms. The molecular weight excluding hydrogens is 418 g/mol. The van der Waals surface area contributed by atoms with Crippen LogP contribution in [0, 0.1) is 0 Å². The van der Waals surface area contributed by atoms with Gasteiger partial charge in [0.05, 0.1) is 25.5 Å². The lowest BCUT2D eigenvalue weighted by Crippen LogP contribution is -2.28. The van der Waals surface area contributed by atoms with Gasteiger partial charge in [-0.2, -0.15) is 0 Å².